The van der Waals surface area contributed by atoms with Crippen molar-refractivity contribution < 1.29 is 13.2 Å². The van der Waals surface area contributed by atoms with Gasteiger partial charge in [0.2, 0.25) is 11.1 Å². The summed E-state index contributed by atoms with van der Waals surface area (Å²) in [6.07, 6.45) is 6.91. The predicted molar refractivity (Wildman–Crippen MR) is 93.0 cm³/mol. The number of amides is 1. The van der Waals surface area contributed by atoms with Gasteiger partial charge < -0.3 is 4.90 Å². The summed E-state index contributed by atoms with van der Waals surface area (Å²) in [5.41, 5.74) is 0. The van der Waals surface area contributed by atoms with Crippen LogP contribution in [0, 0.1) is 0 Å². The summed E-state index contributed by atoms with van der Waals surface area (Å²) in [5.74, 6) is 0.588. The zero-order chi connectivity index (χ0) is 17.4. The first-order valence-corrected chi connectivity index (χ1v) is 11.8. The lowest BCUT2D eigenvalue weighted by Crippen LogP contribution is -2.47. The normalized spacial score (nSPS) is 26.2. The maximum atomic E-state index is 13.0. The molecule has 1 aliphatic heterocycles. The zero-order valence-corrected chi connectivity index (χ0v) is 15.7. The van der Waals surface area contributed by atoms with Crippen LogP contribution in [0.1, 0.15) is 51.0 Å². The molecule has 1 aromatic rings. The molecule has 10 heteroatoms. The van der Waals surface area contributed by atoms with Gasteiger partial charge in [-0.1, -0.05) is 24.6 Å². The first-order valence-electron chi connectivity index (χ1n) is 8.96. The Morgan fingerprint density at radius 1 is 1.16 bits per heavy atom. The number of sulfone groups is 1. The fourth-order valence-electron chi connectivity index (χ4n) is 3.91. The molecule has 4 rings (SSSR count). The number of rotatable bonds is 6. The van der Waals surface area contributed by atoms with Gasteiger partial charge >= 0.3 is 0 Å². The SMILES string of the molecule is O=C(CSc1nnnn1C1CC1)N(C1CCCC1)C1CCS(=O)(=O)C1. The van der Waals surface area contributed by atoms with Gasteiger partial charge in [0, 0.05) is 12.1 Å². The summed E-state index contributed by atoms with van der Waals surface area (Å²) < 4.78 is 25.6. The maximum absolute atomic E-state index is 13.0. The van der Waals surface area contributed by atoms with E-state index in [1.807, 2.05) is 4.90 Å². The Balaban J connectivity index is 1.44. The van der Waals surface area contributed by atoms with Gasteiger partial charge in [-0.15, -0.1) is 5.10 Å². The monoisotopic (exact) mass is 385 g/mol. The van der Waals surface area contributed by atoms with Crippen LogP contribution in [0.5, 0.6) is 0 Å². The van der Waals surface area contributed by atoms with Crippen molar-refractivity contribution in [2.24, 2.45) is 0 Å². The number of tetrazole rings is 1. The Morgan fingerprint density at radius 2 is 1.92 bits per heavy atom. The minimum atomic E-state index is -3.01. The van der Waals surface area contributed by atoms with E-state index in [-0.39, 0.29) is 35.2 Å². The Bertz CT molecular complexity index is 740. The van der Waals surface area contributed by atoms with Gasteiger partial charge in [-0.2, -0.15) is 0 Å². The molecule has 8 nitrogen and oxygen atoms in total. The van der Waals surface area contributed by atoms with Crippen LogP contribution >= 0.6 is 11.8 Å². The summed E-state index contributed by atoms with van der Waals surface area (Å²) in [5, 5.41) is 12.4. The lowest BCUT2D eigenvalue weighted by Gasteiger charge is -2.34. The number of hydrogen-bond donors (Lipinski definition) is 0. The molecule has 0 radical (unpaired) electrons. The molecule has 1 aromatic heterocycles. The second kappa shape index (κ2) is 6.86. The van der Waals surface area contributed by atoms with Crippen molar-refractivity contribution in [3.05, 3.63) is 0 Å². The Hall–Kier alpha value is -1.16. The second-order valence-corrected chi connectivity index (χ2v) is 10.4. The van der Waals surface area contributed by atoms with E-state index < -0.39 is 9.84 Å². The number of carbonyl (C=O) groups excluding carboxylic acids is 1. The van der Waals surface area contributed by atoms with Gasteiger partial charge in [0.1, 0.15) is 0 Å². The zero-order valence-electron chi connectivity index (χ0n) is 14.1. The van der Waals surface area contributed by atoms with Crippen LogP contribution in [0.4, 0.5) is 0 Å². The molecule has 3 fully saturated rings. The number of carbonyl (C=O) groups is 1. The average molecular weight is 386 g/mol. The Labute approximate surface area is 151 Å². The molecular formula is C15H23N5O3S2. The van der Waals surface area contributed by atoms with Crippen LogP contribution in [0.2, 0.25) is 0 Å². The standard InChI is InChI=1S/C15H23N5O3S2/c21-14(9-24-15-16-17-18-20(15)12-5-6-12)19(11-3-1-2-4-11)13-7-8-25(22,23)10-13/h11-13H,1-10H2. The van der Waals surface area contributed by atoms with Crippen LogP contribution in [0.3, 0.4) is 0 Å². The molecular weight excluding hydrogens is 362 g/mol. The molecule has 1 atom stereocenters. The fraction of sp³-hybridized carbons (Fsp3) is 0.867. The smallest absolute Gasteiger partial charge is 0.233 e. The molecule has 138 valence electrons. The summed E-state index contributed by atoms with van der Waals surface area (Å²) in [7, 11) is -3.01. The third kappa shape index (κ3) is 3.84. The van der Waals surface area contributed by atoms with E-state index in [4.69, 9.17) is 0 Å². The van der Waals surface area contributed by atoms with E-state index in [9.17, 15) is 13.2 Å². The van der Waals surface area contributed by atoms with Crippen molar-refractivity contribution in [3.8, 4) is 0 Å². The molecule has 0 N–H and O–H groups in total. The lowest BCUT2D eigenvalue weighted by molar-refractivity contribution is -0.132. The van der Waals surface area contributed by atoms with Crippen molar-refractivity contribution >= 4 is 27.5 Å². The number of hydrogen-bond acceptors (Lipinski definition) is 7. The number of aromatic nitrogens is 4. The van der Waals surface area contributed by atoms with E-state index in [0.717, 1.165) is 38.5 Å². The van der Waals surface area contributed by atoms with Gasteiger partial charge in [-0.3, -0.25) is 4.79 Å². The minimum Gasteiger partial charge on any atom is -0.335 e. The average Bonchev–Trinajstić information content (AvgIpc) is 2.99. The van der Waals surface area contributed by atoms with Crippen LogP contribution < -0.4 is 0 Å². The molecule has 0 aromatic carbocycles. The topological polar surface area (TPSA) is 98.1 Å². The van der Waals surface area contributed by atoms with Crippen molar-refractivity contribution in [1.82, 2.24) is 25.1 Å². The van der Waals surface area contributed by atoms with Crippen LogP contribution in [0.25, 0.3) is 0 Å². The van der Waals surface area contributed by atoms with Crippen molar-refractivity contribution in [2.45, 2.75) is 68.2 Å². The molecule has 1 unspecified atom stereocenters. The van der Waals surface area contributed by atoms with Gasteiger partial charge in [0.15, 0.2) is 9.84 Å². The maximum Gasteiger partial charge on any atom is 0.233 e. The Morgan fingerprint density at radius 3 is 2.56 bits per heavy atom. The lowest BCUT2D eigenvalue weighted by atomic mass is 10.1. The minimum absolute atomic E-state index is 0.0179. The summed E-state index contributed by atoms with van der Waals surface area (Å²) in [6, 6.07) is 0.393. The molecule has 1 saturated heterocycles. The second-order valence-electron chi connectivity index (χ2n) is 7.22. The van der Waals surface area contributed by atoms with E-state index in [1.54, 1.807) is 4.68 Å². The molecule has 25 heavy (non-hydrogen) atoms. The molecule has 2 saturated carbocycles. The van der Waals surface area contributed by atoms with Crippen molar-refractivity contribution in [2.75, 3.05) is 17.3 Å². The summed E-state index contributed by atoms with van der Waals surface area (Å²) in [6.45, 7) is 0. The third-order valence-corrected chi connectivity index (χ3v) is 7.96. The summed E-state index contributed by atoms with van der Waals surface area (Å²) >= 11 is 1.36. The fourth-order valence-corrected chi connectivity index (χ4v) is 6.44. The molecule has 3 aliphatic rings. The highest BCUT2D eigenvalue weighted by Gasteiger charge is 2.39. The molecule has 0 spiro atoms. The molecule has 1 amide bonds. The van der Waals surface area contributed by atoms with Gasteiger partial charge in [0.25, 0.3) is 0 Å². The highest BCUT2D eigenvalue weighted by Crippen LogP contribution is 2.36. The van der Waals surface area contributed by atoms with Gasteiger partial charge in [-0.25, -0.2) is 13.1 Å². The van der Waals surface area contributed by atoms with E-state index in [0.29, 0.717) is 17.6 Å². The number of thioether (sulfide) groups is 1. The third-order valence-electron chi connectivity index (χ3n) is 5.29. The summed E-state index contributed by atoms with van der Waals surface area (Å²) in [4.78, 5) is 14.8. The van der Waals surface area contributed by atoms with Crippen LogP contribution in [0.15, 0.2) is 5.16 Å². The molecule has 2 heterocycles. The first kappa shape index (κ1) is 17.3. The Kier molecular flexibility index (Phi) is 4.74. The van der Waals surface area contributed by atoms with Crippen LogP contribution in [-0.4, -0.2) is 68.8 Å². The first-order chi connectivity index (χ1) is 12.0. The predicted octanol–water partition coefficient (Wildman–Crippen LogP) is 1.06. The molecule has 0 bridgehead atoms. The quantitative estimate of drug-likeness (QED) is 0.675. The largest absolute Gasteiger partial charge is 0.335 e. The van der Waals surface area contributed by atoms with E-state index in [1.165, 1.54) is 11.8 Å². The van der Waals surface area contributed by atoms with Crippen molar-refractivity contribution in [3.63, 3.8) is 0 Å². The number of nitrogens with zero attached hydrogens (tertiary/aromatic N) is 5. The van der Waals surface area contributed by atoms with E-state index in [2.05, 4.69) is 15.5 Å². The van der Waals surface area contributed by atoms with Gasteiger partial charge in [0.05, 0.1) is 23.3 Å². The molecule has 2 aliphatic carbocycles. The van der Waals surface area contributed by atoms with Crippen molar-refractivity contribution in [1.29, 1.82) is 0 Å². The van der Waals surface area contributed by atoms with Crippen LogP contribution in [-0.2, 0) is 14.6 Å². The highest BCUT2D eigenvalue weighted by atomic mass is 32.2. The highest BCUT2D eigenvalue weighted by molar-refractivity contribution is 7.99. The van der Waals surface area contributed by atoms with Gasteiger partial charge in [-0.05, 0) is 42.5 Å². The van der Waals surface area contributed by atoms with E-state index >= 15 is 0 Å².